The normalized spacial score (nSPS) is 11.4. The van der Waals surface area contributed by atoms with E-state index in [2.05, 4.69) is 25.6 Å². The van der Waals surface area contributed by atoms with Crippen molar-refractivity contribution >= 4 is 43.0 Å². The van der Waals surface area contributed by atoms with E-state index in [1.54, 1.807) is 18.2 Å². The van der Waals surface area contributed by atoms with E-state index < -0.39 is 15.8 Å². The van der Waals surface area contributed by atoms with Gasteiger partial charge in [-0.25, -0.2) is 17.8 Å². The van der Waals surface area contributed by atoms with Crippen LogP contribution in [0.15, 0.2) is 51.1 Å². The Balaban J connectivity index is 2.05. The number of ether oxygens (including phenoxy) is 1. The molecule has 26 heavy (non-hydrogen) atoms. The summed E-state index contributed by atoms with van der Waals surface area (Å²) in [6.07, 6.45) is 0. The molecule has 1 aromatic heterocycles. The number of thiazole rings is 1. The summed E-state index contributed by atoms with van der Waals surface area (Å²) in [4.78, 5) is 4.27. The second-order valence-corrected chi connectivity index (χ2v) is 8.98. The average molecular weight is 457 g/mol. The fourth-order valence-electron chi connectivity index (χ4n) is 2.31. The van der Waals surface area contributed by atoms with Gasteiger partial charge in [0.05, 0.1) is 23.5 Å². The summed E-state index contributed by atoms with van der Waals surface area (Å²) < 4.78 is 47.6. The van der Waals surface area contributed by atoms with Crippen molar-refractivity contribution in [3.05, 3.63) is 57.1 Å². The number of hydrogen-bond acceptors (Lipinski definition) is 5. The largest absolute Gasteiger partial charge is 0.495 e. The molecule has 0 aliphatic heterocycles. The number of hydrogen-bond donors (Lipinski definition) is 1. The Kier molecular flexibility index (Phi) is 5.31. The van der Waals surface area contributed by atoms with Crippen LogP contribution in [0.3, 0.4) is 0 Å². The third-order valence-electron chi connectivity index (χ3n) is 3.54. The second-order valence-electron chi connectivity index (χ2n) is 5.35. The Labute approximate surface area is 163 Å². The highest BCUT2D eigenvalue weighted by molar-refractivity contribution is 9.10. The van der Waals surface area contributed by atoms with Crippen LogP contribution in [0, 0.1) is 12.7 Å². The lowest BCUT2D eigenvalue weighted by Gasteiger charge is -2.13. The number of aryl methyl sites for hydroxylation is 1. The number of benzene rings is 2. The molecule has 0 aliphatic rings. The van der Waals surface area contributed by atoms with Gasteiger partial charge in [-0.15, -0.1) is 11.3 Å². The van der Waals surface area contributed by atoms with Crippen LogP contribution in [0.2, 0.25) is 0 Å². The van der Waals surface area contributed by atoms with Crippen LogP contribution < -0.4 is 9.46 Å². The zero-order valence-electron chi connectivity index (χ0n) is 13.8. The highest BCUT2D eigenvalue weighted by atomic mass is 79.9. The van der Waals surface area contributed by atoms with Gasteiger partial charge >= 0.3 is 0 Å². The van der Waals surface area contributed by atoms with Crippen molar-refractivity contribution in [3.8, 4) is 17.0 Å². The number of sulfonamides is 1. The molecule has 0 spiro atoms. The molecule has 1 heterocycles. The Morgan fingerprint density at radius 1 is 1.23 bits per heavy atom. The van der Waals surface area contributed by atoms with Crippen molar-refractivity contribution in [2.75, 3.05) is 11.8 Å². The van der Waals surface area contributed by atoms with E-state index in [0.717, 1.165) is 5.01 Å². The van der Waals surface area contributed by atoms with Crippen molar-refractivity contribution in [2.45, 2.75) is 11.8 Å². The number of aromatic nitrogens is 1. The lowest BCUT2D eigenvalue weighted by Crippen LogP contribution is -2.15. The second kappa shape index (κ2) is 7.34. The van der Waals surface area contributed by atoms with Gasteiger partial charge in [-0.05, 0) is 43.3 Å². The summed E-state index contributed by atoms with van der Waals surface area (Å²) in [5, 5.41) is 2.71. The van der Waals surface area contributed by atoms with Gasteiger partial charge in [0, 0.05) is 15.4 Å². The van der Waals surface area contributed by atoms with Gasteiger partial charge in [-0.2, -0.15) is 0 Å². The number of halogens is 2. The summed E-state index contributed by atoms with van der Waals surface area (Å²) in [5.74, 6) is -0.529. The molecule has 5 nitrogen and oxygen atoms in total. The van der Waals surface area contributed by atoms with Gasteiger partial charge in [-0.3, -0.25) is 4.72 Å². The van der Waals surface area contributed by atoms with Crippen LogP contribution in [0.25, 0.3) is 11.3 Å². The molecule has 136 valence electrons. The molecule has 0 bridgehead atoms. The van der Waals surface area contributed by atoms with Crippen molar-refractivity contribution in [1.82, 2.24) is 4.98 Å². The summed E-state index contributed by atoms with van der Waals surface area (Å²) in [5.41, 5.74) is 1.15. The van der Waals surface area contributed by atoms with E-state index in [0.29, 0.717) is 15.7 Å². The van der Waals surface area contributed by atoms with Gasteiger partial charge in [0.2, 0.25) is 0 Å². The van der Waals surface area contributed by atoms with Crippen LogP contribution in [-0.4, -0.2) is 20.5 Å². The smallest absolute Gasteiger partial charge is 0.265 e. The summed E-state index contributed by atoms with van der Waals surface area (Å²) >= 11 is 4.60. The van der Waals surface area contributed by atoms with E-state index in [1.165, 1.54) is 36.6 Å². The molecule has 2 aromatic carbocycles. The number of nitrogens with zero attached hydrogens (tertiary/aromatic N) is 1. The molecule has 0 amide bonds. The van der Waals surface area contributed by atoms with Crippen molar-refractivity contribution < 1.29 is 17.5 Å². The fraction of sp³-hybridized carbons (Fsp3) is 0.118. The lowest BCUT2D eigenvalue weighted by atomic mass is 10.2. The molecule has 1 N–H and O–H groups in total. The maximum atomic E-state index is 14.0. The molecule has 3 rings (SSSR count). The number of methoxy groups -OCH3 is 1. The summed E-state index contributed by atoms with van der Waals surface area (Å²) in [6.45, 7) is 1.87. The van der Waals surface area contributed by atoms with E-state index in [9.17, 15) is 12.8 Å². The summed E-state index contributed by atoms with van der Waals surface area (Å²) in [6, 6.07) is 8.82. The molecule has 0 unspecified atom stereocenters. The van der Waals surface area contributed by atoms with Crippen LogP contribution >= 0.6 is 27.3 Å². The molecular weight excluding hydrogens is 443 g/mol. The molecule has 0 saturated carbocycles. The Morgan fingerprint density at radius 3 is 2.62 bits per heavy atom. The Morgan fingerprint density at radius 2 is 2.00 bits per heavy atom. The molecule has 3 aromatic rings. The van der Waals surface area contributed by atoms with Gasteiger partial charge in [-0.1, -0.05) is 15.9 Å². The van der Waals surface area contributed by atoms with Crippen molar-refractivity contribution in [2.24, 2.45) is 0 Å². The lowest BCUT2D eigenvalue weighted by molar-refractivity contribution is 0.403. The predicted octanol–water partition coefficient (Wildman–Crippen LogP) is 4.83. The third-order valence-corrected chi connectivity index (χ3v) is 6.20. The molecule has 9 heteroatoms. The Hall–Kier alpha value is -1.97. The first-order valence-corrected chi connectivity index (χ1v) is 10.5. The standard InChI is InChI=1S/C17H14BrFN2O3S2/c1-10-20-15(9-25-10)11-3-6-16(24-2)17(7-11)26(22,23)21-14-5-4-12(18)8-13(14)19/h3-9,21H,1-2H3. The Bertz CT molecular complexity index is 1070. The zero-order valence-corrected chi connectivity index (χ0v) is 17.0. The fourth-order valence-corrected chi connectivity index (χ4v) is 4.53. The highest BCUT2D eigenvalue weighted by Gasteiger charge is 2.22. The maximum absolute atomic E-state index is 14.0. The molecule has 0 atom stereocenters. The van der Waals surface area contributed by atoms with Gasteiger partial charge < -0.3 is 4.74 Å². The zero-order chi connectivity index (χ0) is 18.9. The number of nitrogens with one attached hydrogen (secondary N) is 1. The number of anilines is 1. The van der Waals surface area contributed by atoms with Gasteiger partial charge in [0.1, 0.15) is 16.5 Å². The predicted molar refractivity (Wildman–Crippen MR) is 104 cm³/mol. The molecule has 0 aliphatic carbocycles. The van der Waals surface area contributed by atoms with Crippen LogP contribution in [0.4, 0.5) is 10.1 Å². The van der Waals surface area contributed by atoms with Crippen LogP contribution in [-0.2, 0) is 10.0 Å². The first-order valence-electron chi connectivity index (χ1n) is 7.38. The summed E-state index contributed by atoms with van der Waals surface area (Å²) in [7, 11) is -2.69. The maximum Gasteiger partial charge on any atom is 0.265 e. The average Bonchev–Trinajstić information content (AvgIpc) is 3.03. The topological polar surface area (TPSA) is 68.3 Å². The molecule has 0 fully saturated rings. The SMILES string of the molecule is COc1ccc(-c2csc(C)n2)cc1S(=O)(=O)Nc1ccc(Br)cc1F. The highest BCUT2D eigenvalue weighted by Crippen LogP contribution is 2.32. The molecule has 0 radical (unpaired) electrons. The van der Waals surface area contributed by atoms with E-state index in [4.69, 9.17) is 4.74 Å². The minimum Gasteiger partial charge on any atom is -0.495 e. The van der Waals surface area contributed by atoms with E-state index >= 15 is 0 Å². The first-order chi connectivity index (χ1) is 12.3. The van der Waals surface area contributed by atoms with Gasteiger partial charge in [0.25, 0.3) is 10.0 Å². The van der Waals surface area contributed by atoms with Crippen LogP contribution in [0.5, 0.6) is 5.75 Å². The number of rotatable bonds is 5. The molecule has 0 saturated heterocycles. The minimum absolute atomic E-state index is 0.0922. The monoisotopic (exact) mass is 456 g/mol. The third kappa shape index (κ3) is 3.89. The minimum atomic E-state index is -4.07. The van der Waals surface area contributed by atoms with Crippen LogP contribution in [0.1, 0.15) is 5.01 Å². The van der Waals surface area contributed by atoms with Crippen molar-refractivity contribution in [1.29, 1.82) is 0 Å². The van der Waals surface area contributed by atoms with Crippen molar-refractivity contribution in [3.63, 3.8) is 0 Å². The van der Waals surface area contributed by atoms with Gasteiger partial charge in [0.15, 0.2) is 0 Å². The quantitative estimate of drug-likeness (QED) is 0.596. The van der Waals surface area contributed by atoms with E-state index in [1.807, 2.05) is 12.3 Å². The molecular formula is C17H14BrFN2O3S2. The van der Waals surface area contributed by atoms with E-state index in [-0.39, 0.29) is 16.3 Å². The first kappa shape index (κ1) is 18.8.